The SMILES string of the molecule is CC[CH][PH](c1ccccc1)(c1ccccc1)c1ccccc1. The van der Waals surface area contributed by atoms with Crippen molar-refractivity contribution in [1.82, 2.24) is 0 Å². The van der Waals surface area contributed by atoms with Crippen LogP contribution in [0.15, 0.2) is 91.0 Å². The quantitative estimate of drug-likeness (QED) is 0.617. The standard InChI is InChI=1S/C21H22P/c1-2-18-22(19-12-6-3-7-13-19,20-14-8-4-9-15-20)21-16-10-5-11-17-21/h3-18,22H,2H2,1H3. The van der Waals surface area contributed by atoms with Crippen molar-refractivity contribution in [1.29, 1.82) is 0 Å². The van der Waals surface area contributed by atoms with Gasteiger partial charge in [-0.3, -0.25) is 0 Å². The summed E-state index contributed by atoms with van der Waals surface area (Å²) >= 11 is 0. The molecule has 0 aliphatic rings. The van der Waals surface area contributed by atoms with Gasteiger partial charge in [0.15, 0.2) is 0 Å². The summed E-state index contributed by atoms with van der Waals surface area (Å²) in [4.78, 5) is 0. The van der Waals surface area contributed by atoms with E-state index in [9.17, 15) is 0 Å². The van der Waals surface area contributed by atoms with E-state index in [1.807, 2.05) is 0 Å². The molecule has 0 atom stereocenters. The van der Waals surface area contributed by atoms with Crippen molar-refractivity contribution in [3.8, 4) is 0 Å². The molecule has 0 N–H and O–H groups in total. The van der Waals surface area contributed by atoms with Gasteiger partial charge in [0, 0.05) is 0 Å². The van der Waals surface area contributed by atoms with Gasteiger partial charge in [-0.1, -0.05) is 0 Å². The second-order valence-corrected chi connectivity index (χ2v) is 9.27. The summed E-state index contributed by atoms with van der Waals surface area (Å²) in [5.41, 5.74) is 0. The van der Waals surface area contributed by atoms with Gasteiger partial charge in [0.05, 0.1) is 0 Å². The molecule has 0 bridgehead atoms. The average Bonchev–Trinajstić information content (AvgIpc) is 2.62. The fourth-order valence-electron chi connectivity index (χ4n) is 3.26. The molecule has 0 aliphatic heterocycles. The maximum absolute atomic E-state index is 2.56. The van der Waals surface area contributed by atoms with Gasteiger partial charge in [0.1, 0.15) is 0 Å². The van der Waals surface area contributed by atoms with Gasteiger partial charge in [-0.05, 0) is 0 Å². The summed E-state index contributed by atoms with van der Waals surface area (Å²) in [6.07, 6.45) is 3.64. The molecule has 0 amide bonds. The number of hydrogen-bond acceptors (Lipinski definition) is 0. The average molecular weight is 305 g/mol. The van der Waals surface area contributed by atoms with Gasteiger partial charge in [-0.2, -0.15) is 0 Å². The van der Waals surface area contributed by atoms with E-state index in [0.717, 1.165) is 6.42 Å². The van der Waals surface area contributed by atoms with Gasteiger partial charge in [0.2, 0.25) is 0 Å². The van der Waals surface area contributed by atoms with E-state index in [0.29, 0.717) is 0 Å². The molecule has 1 heteroatoms. The van der Waals surface area contributed by atoms with Gasteiger partial charge in [-0.15, -0.1) is 0 Å². The van der Waals surface area contributed by atoms with Crippen molar-refractivity contribution in [2.24, 2.45) is 0 Å². The van der Waals surface area contributed by atoms with E-state index in [4.69, 9.17) is 0 Å². The molecule has 3 aromatic rings. The molecule has 0 heterocycles. The molecule has 0 aromatic heterocycles. The van der Waals surface area contributed by atoms with Crippen LogP contribution in [0.5, 0.6) is 0 Å². The van der Waals surface area contributed by atoms with Crippen LogP contribution in [0.4, 0.5) is 0 Å². The van der Waals surface area contributed by atoms with Crippen LogP contribution in [0.3, 0.4) is 0 Å². The monoisotopic (exact) mass is 305 g/mol. The molecule has 22 heavy (non-hydrogen) atoms. The first-order valence-electron chi connectivity index (χ1n) is 7.89. The topological polar surface area (TPSA) is 0 Å². The third-order valence-corrected chi connectivity index (χ3v) is 8.95. The summed E-state index contributed by atoms with van der Waals surface area (Å²) < 4.78 is 0. The predicted octanol–water partition coefficient (Wildman–Crippen LogP) is 4.28. The Kier molecular flexibility index (Phi) is 4.71. The summed E-state index contributed by atoms with van der Waals surface area (Å²) in [5, 5.41) is 4.36. The second kappa shape index (κ2) is 6.90. The van der Waals surface area contributed by atoms with Crippen LogP contribution in [0, 0.1) is 6.16 Å². The zero-order chi connectivity index (χ0) is 15.3. The van der Waals surface area contributed by atoms with Crippen molar-refractivity contribution in [3.05, 3.63) is 97.2 Å². The van der Waals surface area contributed by atoms with E-state index in [1.165, 1.54) is 15.9 Å². The first-order valence-corrected chi connectivity index (χ1v) is 9.96. The van der Waals surface area contributed by atoms with Crippen molar-refractivity contribution in [2.75, 3.05) is 0 Å². The fraction of sp³-hybridized carbons (Fsp3) is 0.0952. The Morgan fingerprint density at radius 1 is 0.591 bits per heavy atom. The predicted molar refractivity (Wildman–Crippen MR) is 101 cm³/mol. The normalized spacial score (nSPS) is 12.0. The van der Waals surface area contributed by atoms with Crippen LogP contribution < -0.4 is 15.9 Å². The molecule has 3 aromatic carbocycles. The van der Waals surface area contributed by atoms with Gasteiger partial charge >= 0.3 is 134 Å². The Hall–Kier alpha value is -1.91. The first-order chi connectivity index (χ1) is 10.9. The third-order valence-electron chi connectivity index (χ3n) is 4.20. The second-order valence-electron chi connectivity index (χ2n) is 5.52. The number of rotatable bonds is 5. The number of benzene rings is 3. The van der Waals surface area contributed by atoms with Crippen molar-refractivity contribution < 1.29 is 0 Å². The van der Waals surface area contributed by atoms with E-state index in [-0.39, 0.29) is 0 Å². The van der Waals surface area contributed by atoms with Crippen LogP contribution in [-0.4, -0.2) is 0 Å². The molecular weight excluding hydrogens is 283 g/mol. The molecule has 0 saturated carbocycles. The van der Waals surface area contributed by atoms with Crippen LogP contribution in [-0.2, 0) is 0 Å². The molecule has 0 aliphatic carbocycles. The van der Waals surface area contributed by atoms with Crippen molar-refractivity contribution in [3.63, 3.8) is 0 Å². The molecular formula is C21H22P. The molecule has 0 spiro atoms. The van der Waals surface area contributed by atoms with Crippen LogP contribution in [0.2, 0.25) is 0 Å². The number of hydrogen-bond donors (Lipinski definition) is 0. The zero-order valence-corrected chi connectivity index (χ0v) is 13.9. The fourth-order valence-corrected chi connectivity index (χ4v) is 7.74. The zero-order valence-electron chi connectivity index (χ0n) is 12.9. The molecule has 0 fully saturated rings. The molecule has 1 radical (unpaired) electrons. The van der Waals surface area contributed by atoms with Crippen LogP contribution in [0.25, 0.3) is 0 Å². The summed E-state index contributed by atoms with van der Waals surface area (Å²) in [6, 6.07) is 33.0. The molecule has 0 nitrogen and oxygen atoms in total. The summed E-state index contributed by atoms with van der Waals surface area (Å²) in [6.45, 7) is 2.25. The molecule has 111 valence electrons. The van der Waals surface area contributed by atoms with Gasteiger partial charge < -0.3 is 0 Å². The Morgan fingerprint density at radius 3 is 1.18 bits per heavy atom. The Balaban J connectivity index is 2.29. The van der Waals surface area contributed by atoms with E-state index >= 15 is 0 Å². The van der Waals surface area contributed by atoms with Crippen molar-refractivity contribution in [2.45, 2.75) is 13.3 Å². The van der Waals surface area contributed by atoms with E-state index in [2.05, 4.69) is 104 Å². The minimum atomic E-state index is -2.05. The Labute approximate surface area is 134 Å². The van der Waals surface area contributed by atoms with Crippen molar-refractivity contribution >= 4 is 23.2 Å². The van der Waals surface area contributed by atoms with Crippen LogP contribution in [0.1, 0.15) is 13.3 Å². The molecule has 0 unspecified atom stereocenters. The minimum absolute atomic E-state index is 1.07. The molecule has 0 saturated heterocycles. The Morgan fingerprint density at radius 2 is 0.909 bits per heavy atom. The van der Waals surface area contributed by atoms with E-state index < -0.39 is 7.26 Å². The maximum atomic E-state index is 2.56. The van der Waals surface area contributed by atoms with Crippen LogP contribution >= 0.6 is 7.26 Å². The van der Waals surface area contributed by atoms with Gasteiger partial charge in [-0.25, -0.2) is 0 Å². The summed E-state index contributed by atoms with van der Waals surface area (Å²) in [5.74, 6) is 0. The van der Waals surface area contributed by atoms with Gasteiger partial charge in [0.25, 0.3) is 0 Å². The van der Waals surface area contributed by atoms with E-state index in [1.54, 1.807) is 0 Å². The first kappa shape index (κ1) is 15.0. The summed E-state index contributed by atoms with van der Waals surface area (Å²) in [7, 11) is -2.05. The Bertz CT molecular complexity index is 593. The third kappa shape index (κ3) is 2.72. The molecule has 3 rings (SSSR count).